The van der Waals surface area contributed by atoms with Crippen LogP contribution in [-0.2, 0) is 16.2 Å². The van der Waals surface area contributed by atoms with E-state index in [9.17, 15) is 0 Å². The van der Waals surface area contributed by atoms with Crippen molar-refractivity contribution in [1.82, 2.24) is 0 Å². The minimum Gasteiger partial charge on any atom is -0.310 e. The van der Waals surface area contributed by atoms with Gasteiger partial charge in [0.1, 0.15) is 0 Å². The lowest BCUT2D eigenvalue weighted by atomic mass is 9.67. The quantitative estimate of drug-likeness (QED) is 0.132. The van der Waals surface area contributed by atoms with Crippen molar-refractivity contribution < 1.29 is 0 Å². The summed E-state index contributed by atoms with van der Waals surface area (Å²) in [6, 6.07) is 125. The van der Waals surface area contributed by atoms with Crippen LogP contribution in [0.3, 0.4) is 0 Å². The predicted octanol–water partition coefficient (Wildman–Crippen LogP) is 19.9. The summed E-state index contributed by atoms with van der Waals surface area (Å²) in [6.07, 6.45) is 0. The highest BCUT2D eigenvalue weighted by atomic mass is 15.1. The number of rotatable bonds is 10. The Morgan fingerprint density at radius 2 is 0.451 bits per heavy atom. The summed E-state index contributed by atoms with van der Waals surface area (Å²) >= 11 is 0. The SMILES string of the molecule is c1ccc(-c2cc3c(cc2N(c2ccc4c(c2)C(c2ccccc2)(c2ccccc2)c2ccccc2-4)c2ccc4c(c2)C(c2ccccc2)(c2ccccc2)c2ccccc2-4)C(c2ccccc2)(c2ccccc2)c2ccccc2-3)cc1. The second-order valence-corrected chi connectivity index (χ2v) is 22.2. The van der Waals surface area contributed by atoms with Crippen molar-refractivity contribution in [2.75, 3.05) is 4.90 Å². The Kier molecular flexibility index (Phi) is 11.0. The van der Waals surface area contributed by atoms with E-state index in [0.717, 1.165) is 28.2 Å². The highest BCUT2D eigenvalue weighted by molar-refractivity contribution is 5.99. The minimum atomic E-state index is -0.644. The first-order valence-electron chi connectivity index (χ1n) is 28.7. The molecule has 0 saturated heterocycles. The summed E-state index contributed by atoms with van der Waals surface area (Å²) in [7, 11) is 0. The molecule has 13 aromatic rings. The number of fused-ring (bicyclic) bond motifs is 9. The molecule has 3 aliphatic carbocycles. The zero-order chi connectivity index (χ0) is 54.2. The third-order valence-electron chi connectivity index (χ3n) is 18.3. The van der Waals surface area contributed by atoms with E-state index in [1.165, 1.54) is 100 Å². The van der Waals surface area contributed by atoms with Gasteiger partial charge in [-0.3, -0.25) is 0 Å². The van der Waals surface area contributed by atoms with Gasteiger partial charge in [-0.1, -0.05) is 297 Å². The monoisotopic (exact) mass is 1040 g/mol. The predicted molar refractivity (Wildman–Crippen MR) is 338 cm³/mol. The van der Waals surface area contributed by atoms with Gasteiger partial charge >= 0.3 is 0 Å². The Hall–Kier alpha value is -10.3. The molecule has 0 amide bonds. The molecule has 0 saturated carbocycles. The van der Waals surface area contributed by atoms with Crippen molar-refractivity contribution in [1.29, 1.82) is 0 Å². The molecule has 384 valence electrons. The average molecular weight is 1040 g/mol. The van der Waals surface area contributed by atoms with Crippen molar-refractivity contribution in [2.45, 2.75) is 16.2 Å². The van der Waals surface area contributed by atoms with Gasteiger partial charge in [-0.05, 0) is 142 Å². The Bertz CT molecular complexity index is 4230. The second-order valence-electron chi connectivity index (χ2n) is 22.2. The summed E-state index contributed by atoms with van der Waals surface area (Å²) in [6.45, 7) is 0. The fourth-order valence-corrected chi connectivity index (χ4v) is 15.1. The third-order valence-corrected chi connectivity index (χ3v) is 18.3. The minimum absolute atomic E-state index is 0.622. The summed E-state index contributed by atoms with van der Waals surface area (Å²) in [5.74, 6) is 0. The Morgan fingerprint density at radius 3 is 0.793 bits per heavy atom. The van der Waals surface area contributed by atoms with Crippen LogP contribution in [-0.4, -0.2) is 0 Å². The number of anilines is 3. The van der Waals surface area contributed by atoms with Crippen molar-refractivity contribution >= 4 is 17.1 Å². The normalized spacial score (nSPS) is 14.1. The summed E-state index contributed by atoms with van der Waals surface area (Å²) in [4.78, 5) is 2.61. The molecule has 16 rings (SSSR count). The highest BCUT2D eigenvalue weighted by Gasteiger charge is 2.50. The van der Waals surface area contributed by atoms with Crippen LogP contribution >= 0.6 is 0 Å². The molecule has 0 aromatic heterocycles. The first-order valence-corrected chi connectivity index (χ1v) is 28.7. The van der Waals surface area contributed by atoms with Crippen LogP contribution in [0.15, 0.2) is 334 Å². The number of nitrogens with zero attached hydrogens (tertiary/aromatic N) is 1. The molecule has 0 spiro atoms. The van der Waals surface area contributed by atoms with E-state index in [2.05, 4.69) is 339 Å². The van der Waals surface area contributed by atoms with Gasteiger partial charge in [0.15, 0.2) is 0 Å². The molecule has 0 atom stereocenters. The molecule has 0 radical (unpaired) electrons. The summed E-state index contributed by atoms with van der Waals surface area (Å²) in [5.41, 5.74) is 26.1. The van der Waals surface area contributed by atoms with Gasteiger partial charge in [0.2, 0.25) is 0 Å². The summed E-state index contributed by atoms with van der Waals surface area (Å²) < 4.78 is 0. The Morgan fingerprint density at radius 1 is 0.183 bits per heavy atom. The van der Waals surface area contributed by atoms with Crippen LogP contribution in [0.4, 0.5) is 17.1 Å². The molecule has 3 aliphatic rings. The Balaban J connectivity index is 1.05. The fourth-order valence-electron chi connectivity index (χ4n) is 15.1. The lowest BCUT2D eigenvalue weighted by Gasteiger charge is -2.37. The second kappa shape index (κ2) is 18.9. The van der Waals surface area contributed by atoms with E-state index in [1.54, 1.807) is 0 Å². The standard InChI is InChI=1S/C81H55N/c1-8-28-56(29-9-1)70-54-71-67-44-24-27-47-74(67)81(61-38-18-6-19-39-61,62-40-20-7-21-41-62)77(71)55-78(70)82(63-48-50-68-65-42-22-25-45-72(65)79(75(68)52-63,57-30-10-2-11-31-57)58-32-12-3-13-33-58)64-49-51-69-66-43-23-26-46-73(66)80(76(69)53-64,59-34-14-4-15-35-59)60-36-16-5-17-37-60/h1-55H. The first-order chi connectivity index (χ1) is 40.7. The van der Waals surface area contributed by atoms with Crippen LogP contribution in [0.25, 0.3) is 44.5 Å². The van der Waals surface area contributed by atoms with Gasteiger partial charge < -0.3 is 4.90 Å². The lowest BCUT2D eigenvalue weighted by molar-refractivity contribution is 0.766. The molecule has 0 fully saturated rings. The number of hydrogen-bond acceptors (Lipinski definition) is 1. The van der Waals surface area contributed by atoms with Crippen LogP contribution in [0.5, 0.6) is 0 Å². The van der Waals surface area contributed by atoms with Crippen LogP contribution in [0.2, 0.25) is 0 Å². The van der Waals surface area contributed by atoms with E-state index in [4.69, 9.17) is 0 Å². The topological polar surface area (TPSA) is 3.24 Å². The number of hydrogen-bond donors (Lipinski definition) is 0. The zero-order valence-corrected chi connectivity index (χ0v) is 45.2. The van der Waals surface area contributed by atoms with Gasteiger partial charge in [-0.25, -0.2) is 0 Å². The molecule has 82 heavy (non-hydrogen) atoms. The molecular weight excluding hydrogens is 987 g/mol. The lowest BCUT2D eigenvalue weighted by Crippen LogP contribution is -2.29. The number of benzene rings is 13. The summed E-state index contributed by atoms with van der Waals surface area (Å²) in [5, 5.41) is 0. The smallest absolute Gasteiger partial charge is 0.0714 e. The molecule has 13 aromatic carbocycles. The van der Waals surface area contributed by atoms with Crippen molar-refractivity contribution in [3.05, 3.63) is 400 Å². The van der Waals surface area contributed by atoms with Crippen LogP contribution in [0, 0.1) is 0 Å². The maximum absolute atomic E-state index is 2.61. The molecule has 0 N–H and O–H groups in total. The van der Waals surface area contributed by atoms with E-state index < -0.39 is 16.2 Å². The van der Waals surface area contributed by atoms with Gasteiger partial charge in [-0.15, -0.1) is 0 Å². The molecular formula is C81H55N. The molecule has 0 aliphatic heterocycles. The van der Waals surface area contributed by atoms with E-state index >= 15 is 0 Å². The maximum atomic E-state index is 2.61. The van der Waals surface area contributed by atoms with Crippen LogP contribution in [0.1, 0.15) is 66.8 Å². The van der Waals surface area contributed by atoms with Gasteiger partial charge in [-0.2, -0.15) is 0 Å². The van der Waals surface area contributed by atoms with Gasteiger partial charge in [0.25, 0.3) is 0 Å². The third kappa shape index (κ3) is 6.74. The van der Waals surface area contributed by atoms with Gasteiger partial charge in [0, 0.05) is 16.9 Å². The molecule has 1 nitrogen and oxygen atoms in total. The maximum Gasteiger partial charge on any atom is 0.0714 e. The van der Waals surface area contributed by atoms with E-state index in [1.807, 2.05) is 0 Å². The van der Waals surface area contributed by atoms with Crippen molar-refractivity contribution in [3.63, 3.8) is 0 Å². The molecule has 0 heterocycles. The van der Waals surface area contributed by atoms with Crippen molar-refractivity contribution in [3.8, 4) is 44.5 Å². The molecule has 1 heteroatoms. The fraction of sp³-hybridized carbons (Fsp3) is 0.0370. The van der Waals surface area contributed by atoms with Crippen molar-refractivity contribution in [2.24, 2.45) is 0 Å². The average Bonchev–Trinajstić information content (AvgIpc) is 3.53. The first kappa shape index (κ1) is 47.6. The van der Waals surface area contributed by atoms with E-state index in [0.29, 0.717) is 0 Å². The zero-order valence-electron chi connectivity index (χ0n) is 45.2. The molecule has 0 bridgehead atoms. The largest absolute Gasteiger partial charge is 0.310 e. The van der Waals surface area contributed by atoms with E-state index in [-0.39, 0.29) is 0 Å². The van der Waals surface area contributed by atoms with Crippen LogP contribution < -0.4 is 4.90 Å². The molecule has 0 unspecified atom stereocenters. The highest BCUT2D eigenvalue weighted by Crippen LogP contribution is 2.62. The van der Waals surface area contributed by atoms with Gasteiger partial charge in [0.05, 0.1) is 21.9 Å². The Labute approximate surface area is 480 Å².